The lowest BCUT2D eigenvalue weighted by molar-refractivity contribution is 0.0474. The van der Waals surface area contributed by atoms with E-state index in [1.165, 1.54) is 16.7 Å². The highest BCUT2D eigenvalue weighted by Crippen LogP contribution is 2.30. The summed E-state index contributed by atoms with van der Waals surface area (Å²) in [5.41, 5.74) is 3.41. The van der Waals surface area contributed by atoms with Gasteiger partial charge < -0.3 is 15.0 Å². The molecule has 0 spiro atoms. The average Bonchev–Trinajstić information content (AvgIpc) is 2.45. The topological polar surface area (TPSA) is 41.6 Å². The van der Waals surface area contributed by atoms with E-state index in [-0.39, 0.29) is 18.2 Å². The van der Waals surface area contributed by atoms with E-state index in [0.29, 0.717) is 0 Å². The number of rotatable bonds is 3. The molecule has 0 unspecified atom stereocenters. The van der Waals surface area contributed by atoms with Gasteiger partial charge >= 0.3 is 6.09 Å². The number of carbonyl (C=O) groups excluding carboxylic acids is 1. The van der Waals surface area contributed by atoms with E-state index >= 15 is 0 Å². The molecule has 0 heterocycles. The summed E-state index contributed by atoms with van der Waals surface area (Å²) in [4.78, 5) is 14.3. The summed E-state index contributed by atoms with van der Waals surface area (Å²) in [7, 11) is 4.13. The third kappa shape index (κ3) is 5.10. The van der Waals surface area contributed by atoms with Crippen LogP contribution in [0.5, 0.6) is 0 Å². The van der Waals surface area contributed by atoms with Gasteiger partial charge in [-0.15, -0.1) is 0 Å². The first kappa shape index (κ1) is 18.5. The highest BCUT2D eigenvalue weighted by Gasteiger charge is 2.30. The Labute approximate surface area is 145 Å². The van der Waals surface area contributed by atoms with Crippen LogP contribution in [0.15, 0.2) is 30.3 Å². The SMILES string of the molecule is Cc1cccc(C2=CC[C@H](NC(=O)OC(C)(C)C)[C@@H](N(C)C)C2)c1. The van der Waals surface area contributed by atoms with E-state index in [1.54, 1.807) is 0 Å². The van der Waals surface area contributed by atoms with Crippen molar-refractivity contribution < 1.29 is 9.53 Å². The van der Waals surface area contributed by atoms with Crippen molar-refractivity contribution in [1.29, 1.82) is 0 Å². The number of ether oxygens (including phenoxy) is 1. The number of nitrogens with zero attached hydrogens (tertiary/aromatic N) is 1. The van der Waals surface area contributed by atoms with Crippen molar-refractivity contribution >= 4 is 11.7 Å². The fourth-order valence-electron chi connectivity index (χ4n) is 3.11. The molecule has 0 aromatic heterocycles. The van der Waals surface area contributed by atoms with Crippen LogP contribution in [-0.2, 0) is 4.74 Å². The van der Waals surface area contributed by atoms with Gasteiger partial charge in [0.05, 0.1) is 6.04 Å². The molecular formula is C20H30N2O2. The van der Waals surface area contributed by atoms with Crippen molar-refractivity contribution in [2.24, 2.45) is 0 Å². The van der Waals surface area contributed by atoms with Gasteiger partial charge in [-0.1, -0.05) is 35.9 Å². The van der Waals surface area contributed by atoms with Crippen LogP contribution in [0.1, 0.15) is 44.7 Å². The highest BCUT2D eigenvalue weighted by atomic mass is 16.6. The van der Waals surface area contributed by atoms with Gasteiger partial charge in [-0.25, -0.2) is 4.79 Å². The van der Waals surface area contributed by atoms with Crippen LogP contribution < -0.4 is 5.32 Å². The molecule has 0 saturated heterocycles. The van der Waals surface area contributed by atoms with Crippen LogP contribution in [-0.4, -0.2) is 42.8 Å². The van der Waals surface area contributed by atoms with Crippen molar-refractivity contribution in [3.8, 4) is 0 Å². The molecular weight excluding hydrogens is 300 g/mol. The number of nitrogens with one attached hydrogen (secondary N) is 1. The largest absolute Gasteiger partial charge is 0.444 e. The third-order valence-corrected chi connectivity index (χ3v) is 4.27. The molecule has 1 amide bonds. The van der Waals surface area contributed by atoms with E-state index in [4.69, 9.17) is 4.74 Å². The van der Waals surface area contributed by atoms with Gasteiger partial charge in [0.15, 0.2) is 0 Å². The predicted molar refractivity (Wildman–Crippen MR) is 99.0 cm³/mol. The smallest absolute Gasteiger partial charge is 0.407 e. The van der Waals surface area contributed by atoms with Crippen molar-refractivity contribution in [2.75, 3.05) is 14.1 Å². The second-order valence-electron chi connectivity index (χ2n) is 7.82. The Morgan fingerprint density at radius 3 is 2.58 bits per heavy atom. The molecule has 0 aliphatic heterocycles. The van der Waals surface area contributed by atoms with Gasteiger partial charge in [-0.2, -0.15) is 0 Å². The van der Waals surface area contributed by atoms with E-state index in [9.17, 15) is 4.79 Å². The van der Waals surface area contributed by atoms with Crippen LogP contribution in [0.4, 0.5) is 4.79 Å². The molecule has 0 saturated carbocycles. The van der Waals surface area contributed by atoms with Crippen molar-refractivity contribution in [3.63, 3.8) is 0 Å². The number of aryl methyl sites for hydroxylation is 1. The zero-order valence-electron chi connectivity index (χ0n) is 15.7. The number of carbonyl (C=O) groups is 1. The Balaban J connectivity index is 2.12. The molecule has 4 nitrogen and oxygen atoms in total. The van der Waals surface area contributed by atoms with Crippen molar-refractivity contribution in [3.05, 3.63) is 41.5 Å². The molecule has 2 rings (SSSR count). The zero-order chi connectivity index (χ0) is 17.9. The molecule has 1 aromatic carbocycles. The molecule has 0 fully saturated rings. The molecule has 4 heteroatoms. The minimum Gasteiger partial charge on any atom is -0.444 e. The van der Waals surface area contributed by atoms with Crippen LogP contribution in [0.25, 0.3) is 5.57 Å². The second kappa shape index (κ2) is 7.39. The number of benzene rings is 1. The van der Waals surface area contributed by atoms with Gasteiger partial charge in [0, 0.05) is 6.04 Å². The Hall–Kier alpha value is -1.81. The lowest BCUT2D eigenvalue weighted by atomic mass is 9.86. The summed E-state index contributed by atoms with van der Waals surface area (Å²) in [6.45, 7) is 7.76. The summed E-state index contributed by atoms with van der Waals surface area (Å²) in [5.74, 6) is 0. The molecule has 132 valence electrons. The zero-order valence-corrected chi connectivity index (χ0v) is 15.7. The molecule has 0 radical (unpaired) electrons. The normalized spacial score (nSPS) is 21.4. The van der Waals surface area contributed by atoms with Crippen molar-refractivity contribution in [2.45, 2.75) is 58.2 Å². The van der Waals surface area contributed by atoms with Crippen LogP contribution >= 0.6 is 0 Å². The monoisotopic (exact) mass is 330 g/mol. The lowest BCUT2D eigenvalue weighted by Crippen LogP contribution is -2.51. The molecule has 2 atom stereocenters. The van der Waals surface area contributed by atoms with Crippen molar-refractivity contribution in [1.82, 2.24) is 10.2 Å². The maximum Gasteiger partial charge on any atom is 0.407 e. The first-order valence-corrected chi connectivity index (χ1v) is 8.58. The number of likely N-dealkylation sites (N-methyl/N-ethyl adjacent to an activating group) is 1. The summed E-state index contributed by atoms with van der Waals surface area (Å²) in [6.07, 6.45) is 3.63. The molecule has 1 aromatic rings. The van der Waals surface area contributed by atoms with Gasteiger partial charge in [-0.3, -0.25) is 0 Å². The predicted octanol–water partition coefficient (Wildman–Crippen LogP) is 4.00. The average molecular weight is 330 g/mol. The van der Waals surface area contributed by atoms with Gasteiger partial charge in [-0.05, 0) is 65.8 Å². The van der Waals surface area contributed by atoms with Crippen LogP contribution in [0, 0.1) is 6.92 Å². The quantitative estimate of drug-likeness (QED) is 0.911. The van der Waals surface area contributed by atoms with Gasteiger partial charge in [0.2, 0.25) is 0 Å². The Bertz CT molecular complexity index is 614. The molecule has 1 N–H and O–H groups in total. The highest BCUT2D eigenvalue weighted by molar-refractivity contribution is 5.70. The van der Waals surface area contributed by atoms with Crippen LogP contribution in [0.2, 0.25) is 0 Å². The number of hydrogen-bond donors (Lipinski definition) is 1. The molecule has 24 heavy (non-hydrogen) atoms. The second-order valence-corrected chi connectivity index (χ2v) is 7.82. The Morgan fingerprint density at radius 2 is 2.00 bits per heavy atom. The van der Waals surface area contributed by atoms with Crippen LogP contribution in [0.3, 0.4) is 0 Å². The first-order valence-electron chi connectivity index (χ1n) is 8.58. The standard InChI is InChI=1S/C20H30N2O2/c1-14-8-7-9-15(12-14)16-10-11-17(18(13-16)22(5)6)21-19(23)24-20(2,3)4/h7-10,12,17-18H,11,13H2,1-6H3,(H,21,23)/t17-,18-/m0/s1. The maximum atomic E-state index is 12.1. The molecule has 1 aliphatic rings. The van der Waals surface area contributed by atoms with E-state index in [2.05, 4.69) is 61.6 Å². The summed E-state index contributed by atoms with van der Waals surface area (Å²) in [6, 6.07) is 8.90. The summed E-state index contributed by atoms with van der Waals surface area (Å²) < 4.78 is 5.41. The molecule has 1 aliphatic carbocycles. The van der Waals surface area contributed by atoms with E-state index < -0.39 is 5.60 Å². The summed E-state index contributed by atoms with van der Waals surface area (Å²) >= 11 is 0. The first-order chi connectivity index (χ1) is 11.2. The fraction of sp³-hybridized carbons (Fsp3) is 0.550. The van der Waals surface area contributed by atoms with Gasteiger partial charge in [0.25, 0.3) is 0 Å². The van der Waals surface area contributed by atoms with E-state index in [0.717, 1.165) is 12.8 Å². The minimum absolute atomic E-state index is 0.0587. The Kier molecular flexibility index (Phi) is 5.70. The number of amides is 1. The number of hydrogen-bond acceptors (Lipinski definition) is 3. The molecule has 0 bridgehead atoms. The fourth-order valence-corrected chi connectivity index (χ4v) is 3.11. The minimum atomic E-state index is -0.477. The lowest BCUT2D eigenvalue weighted by Gasteiger charge is -2.36. The van der Waals surface area contributed by atoms with Gasteiger partial charge in [0.1, 0.15) is 5.60 Å². The summed E-state index contributed by atoms with van der Waals surface area (Å²) in [5, 5.41) is 3.04. The maximum absolute atomic E-state index is 12.1. The number of alkyl carbamates (subject to hydrolysis) is 1. The Morgan fingerprint density at radius 1 is 1.29 bits per heavy atom. The third-order valence-electron chi connectivity index (χ3n) is 4.27. The van der Waals surface area contributed by atoms with E-state index in [1.807, 2.05) is 20.8 Å².